The van der Waals surface area contributed by atoms with Gasteiger partial charge in [0.05, 0.1) is 0 Å². The van der Waals surface area contributed by atoms with Gasteiger partial charge >= 0.3 is 168 Å². The number of hydrogen-bond acceptors (Lipinski definition) is 2. The molecule has 136 valence electrons. The van der Waals surface area contributed by atoms with Gasteiger partial charge in [-0.15, -0.1) is 0 Å². The fraction of sp³-hybridized carbons (Fsp3) is 0.167. The summed E-state index contributed by atoms with van der Waals surface area (Å²) in [4.78, 5) is 0. The maximum atomic E-state index is 6.83. The standard InChI is InChI=1S/2C7H8O.2C5H5.Zr/c2*1-6-2-4-7(8)5-3-6;2*1-2-4-5-3-1;/h2*2-5,8H,1H3;2*1-3H,4H2;/q;;;;+2/p-2. The summed E-state index contributed by atoms with van der Waals surface area (Å²) in [5.41, 5.74) is 2.46. The molecule has 0 N–H and O–H groups in total. The van der Waals surface area contributed by atoms with Gasteiger partial charge in [0, 0.05) is 0 Å². The van der Waals surface area contributed by atoms with Crippen LogP contribution in [0.1, 0.15) is 24.0 Å². The summed E-state index contributed by atoms with van der Waals surface area (Å²) in [7, 11) is 0. The number of rotatable bonds is 6. The monoisotopic (exact) mass is 434 g/mol. The van der Waals surface area contributed by atoms with E-state index in [9.17, 15) is 0 Å². The Labute approximate surface area is 167 Å². The van der Waals surface area contributed by atoms with E-state index in [4.69, 9.17) is 5.63 Å². The van der Waals surface area contributed by atoms with Gasteiger partial charge < -0.3 is 0 Å². The molecule has 0 saturated carbocycles. The number of allylic oxidation sites excluding steroid dienone is 8. The van der Waals surface area contributed by atoms with Crippen molar-refractivity contribution in [1.29, 1.82) is 0 Å². The van der Waals surface area contributed by atoms with Crippen molar-refractivity contribution in [3.05, 3.63) is 103 Å². The molecular weight excluding hydrogens is 411 g/mol. The molecule has 0 bridgehead atoms. The molecule has 0 heterocycles. The van der Waals surface area contributed by atoms with E-state index in [1.54, 1.807) is 0 Å². The first-order chi connectivity index (χ1) is 13.2. The van der Waals surface area contributed by atoms with Crippen molar-refractivity contribution in [3.63, 3.8) is 0 Å². The van der Waals surface area contributed by atoms with Crippen LogP contribution >= 0.6 is 0 Å². The summed E-state index contributed by atoms with van der Waals surface area (Å²) in [5.74, 6) is 1.79. The summed E-state index contributed by atoms with van der Waals surface area (Å²) < 4.78 is 16.3. The molecule has 2 aromatic carbocycles. The van der Waals surface area contributed by atoms with E-state index in [0.29, 0.717) is 0 Å². The third-order valence-corrected chi connectivity index (χ3v) is 13.5. The van der Waals surface area contributed by atoms with E-state index in [0.717, 1.165) is 24.3 Å². The van der Waals surface area contributed by atoms with E-state index < -0.39 is 21.1 Å². The Morgan fingerprint density at radius 2 is 1.04 bits per heavy atom. The van der Waals surface area contributed by atoms with E-state index in [2.05, 4.69) is 98.8 Å². The quantitative estimate of drug-likeness (QED) is 0.520. The summed E-state index contributed by atoms with van der Waals surface area (Å²) in [6, 6.07) is 16.6. The van der Waals surface area contributed by atoms with Gasteiger partial charge in [-0.2, -0.15) is 0 Å². The average Bonchev–Trinajstić information content (AvgIpc) is 3.39. The van der Waals surface area contributed by atoms with Crippen LogP contribution in [0.5, 0.6) is 11.5 Å². The zero-order chi connectivity index (χ0) is 18.7. The molecule has 2 aliphatic carbocycles. The average molecular weight is 436 g/mol. The summed E-state index contributed by atoms with van der Waals surface area (Å²) in [6.45, 7) is 4.19. The van der Waals surface area contributed by atoms with Gasteiger partial charge in [0.15, 0.2) is 0 Å². The Morgan fingerprint density at radius 3 is 1.37 bits per heavy atom. The van der Waals surface area contributed by atoms with Gasteiger partial charge in [-0.1, -0.05) is 0 Å². The second-order valence-electron chi connectivity index (χ2n) is 7.10. The second kappa shape index (κ2) is 7.86. The van der Waals surface area contributed by atoms with Crippen LogP contribution < -0.4 is 5.63 Å². The Balaban J connectivity index is 1.77. The molecule has 2 aromatic rings. The second-order valence-corrected chi connectivity index (χ2v) is 14.3. The summed E-state index contributed by atoms with van der Waals surface area (Å²) in [6.07, 6.45) is 14.9. The van der Waals surface area contributed by atoms with Gasteiger partial charge in [-0.25, -0.2) is 0 Å². The maximum absolute atomic E-state index is 6.83. The van der Waals surface area contributed by atoms with Crippen molar-refractivity contribution in [2.75, 3.05) is 0 Å². The van der Waals surface area contributed by atoms with Crippen molar-refractivity contribution >= 4 is 0 Å². The first-order valence-electron chi connectivity index (χ1n) is 9.39. The molecule has 2 nitrogen and oxygen atoms in total. The van der Waals surface area contributed by atoms with Crippen LogP contribution in [0.15, 0.2) is 91.5 Å². The number of benzene rings is 2. The van der Waals surface area contributed by atoms with Gasteiger partial charge in [-0.05, 0) is 0 Å². The number of hydrogen-bond donors (Lipinski definition) is 0. The molecule has 0 atom stereocenters. The molecule has 0 amide bonds. The van der Waals surface area contributed by atoms with Crippen LogP contribution in [-0.2, 0) is 21.1 Å². The Kier molecular flexibility index (Phi) is 5.32. The van der Waals surface area contributed by atoms with Gasteiger partial charge in [0.1, 0.15) is 0 Å². The van der Waals surface area contributed by atoms with Gasteiger partial charge in [0.25, 0.3) is 0 Å². The first-order valence-corrected chi connectivity index (χ1v) is 13.9. The topological polar surface area (TPSA) is 18.5 Å². The van der Waals surface area contributed by atoms with Crippen molar-refractivity contribution in [2.45, 2.75) is 26.7 Å². The SMILES string of the molecule is Cc1ccc([O][Zr]([O]c2ccc(C)cc2)([C]2=CC=CC2)[C]2=CC=CC2)cc1. The zero-order valence-electron chi connectivity index (χ0n) is 15.8. The van der Waals surface area contributed by atoms with Crippen LogP contribution in [0.4, 0.5) is 0 Å². The van der Waals surface area contributed by atoms with Crippen LogP contribution in [0.2, 0.25) is 0 Å². The molecule has 0 unspecified atom stereocenters. The fourth-order valence-electron chi connectivity index (χ4n) is 3.42. The molecule has 0 aliphatic heterocycles. The zero-order valence-corrected chi connectivity index (χ0v) is 18.3. The summed E-state index contributed by atoms with van der Waals surface area (Å²) >= 11 is -3.82. The minimum atomic E-state index is -3.82. The molecule has 3 heteroatoms. The van der Waals surface area contributed by atoms with Crippen molar-refractivity contribution in [3.8, 4) is 11.5 Å². The van der Waals surface area contributed by atoms with Crippen LogP contribution in [0.25, 0.3) is 0 Å². The Hall–Kier alpha value is -2.12. The molecule has 0 saturated heterocycles. The van der Waals surface area contributed by atoms with Crippen molar-refractivity contribution in [2.24, 2.45) is 0 Å². The molecule has 0 aromatic heterocycles. The predicted molar refractivity (Wildman–Crippen MR) is 107 cm³/mol. The number of aryl methyl sites for hydroxylation is 2. The molecule has 0 fully saturated rings. The normalized spacial score (nSPS) is 15.6. The molecule has 27 heavy (non-hydrogen) atoms. The first kappa shape index (κ1) is 18.3. The van der Waals surface area contributed by atoms with E-state index in [-0.39, 0.29) is 0 Å². The fourth-order valence-corrected chi connectivity index (χ4v) is 11.6. The van der Waals surface area contributed by atoms with Crippen LogP contribution in [0.3, 0.4) is 0 Å². The Morgan fingerprint density at radius 1 is 0.630 bits per heavy atom. The molecule has 2 aliphatic rings. The van der Waals surface area contributed by atoms with E-state index in [1.165, 1.54) is 17.7 Å². The van der Waals surface area contributed by atoms with Crippen LogP contribution in [-0.4, -0.2) is 0 Å². The molecule has 0 radical (unpaired) electrons. The third-order valence-electron chi connectivity index (χ3n) is 4.95. The predicted octanol–water partition coefficient (Wildman–Crippen LogP) is 6.43. The van der Waals surface area contributed by atoms with E-state index >= 15 is 0 Å². The van der Waals surface area contributed by atoms with Crippen LogP contribution in [0, 0.1) is 13.8 Å². The molecular formula is C24H24O2Zr. The summed E-state index contributed by atoms with van der Waals surface area (Å²) in [5, 5.41) is 0. The minimum absolute atomic E-state index is 0.893. The van der Waals surface area contributed by atoms with Crippen molar-refractivity contribution < 1.29 is 26.8 Å². The van der Waals surface area contributed by atoms with Gasteiger partial charge in [0.2, 0.25) is 0 Å². The molecule has 0 spiro atoms. The van der Waals surface area contributed by atoms with Crippen molar-refractivity contribution in [1.82, 2.24) is 0 Å². The third kappa shape index (κ3) is 3.94. The molecule has 4 rings (SSSR count). The van der Waals surface area contributed by atoms with E-state index in [1.807, 2.05) is 0 Å². The Bertz CT molecular complexity index is 852. The van der Waals surface area contributed by atoms with Gasteiger partial charge in [-0.3, -0.25) is 0 Å².